The molecule has 0 aliphatic rings. The molecule has 0 atom stereocenters. The maximum Gasteiger partial charge on any atom is 0.234 e. The first kappa shape index (κ1) is 17.0. The van der Waals surface area contributed by atoms with Crippen LogP contribution in [0, 0.1) is 5.82 Å². The minimum atomic E-state index is -0.378. The molecule has 7 heteroatoms. The Hall–Kier alpha value is -1.37. The highest BCUT2D eigenvalue weighted by Crippen LogP contribution is 2.25. The van der Waals surface area contributed by atoms with Gasteiger partial charge < -0.3 is 5.32 Å². The van der Waals surface area contributed by atoms with Gasteiger partial charge in [0.1, 0.15) is 5.82 Å². The minimum absolute atomic E-state index is 0.0870. The van der Waals surface area contributed by atoms with Gasteiger partial charge in [0.2, 0.25) is 5.91 Å². The molecule has 22 heavy (non-hydrogen) atoms. The Morgan fingerprint density at radius 1 is 1.36 bits per heavy atom. The summed E-state index contributed by atoms with van der Waals surface area (Å²) in [5.74, 6) is -0.244. The Kier molecular flexibility index (Phi) is 5.99. The van der Waals surface area contributed by atoms with E-state index in [-0.39, 0.29) is 23.3 Å². The van der Waals surface area contributed by atoms with E-state index >= 15 is 0 Å². The fourth-order valence-electron chi connectivity index (χ4n) is 1.78. The van der Waals surface area contributed by atoms with Crippen LogP contribution >= 0.6 is 34.7 Å². The molecule has 0 bridgehead atoms. The van der Waals surface area contributed by atoms with Gasteiger partial charge in [-0.2, -0.15) is 0 Å². The van der Waals surface area contributed by atoms with E-state index < -0.39 is 0 Å². The highest BCUT2D eigenvalue weighted by Gasteiger charge is 2.12. The second-order valence-corrected chi connectivity index (χ2v) is 6.77. The number of amides is 1. The van der Waals surface area contributed by atoms with Crippen molar-refractivity contribution in [2.75, 3.05) is 11.1 Å². The van der Waals surface area contributed by atoms with Crippen molar-refractivity contribution in [3.63, 3.8) is 0 Å². The molecule has 0 aliphatic carbocycles. The highest BCUT2D eigenvalue weighted by molar-refractivity contribution is 7.99. The van der Waals surface area contributed by atoms with E-state index in [2.05, 4.69) is 5.32 Å². The molecule has 0 fully saturated rings. The SMILES string of the molecule is CC(=O)c1sccc1NC(=O)CSCc1c(F)cccc1Cl. The highest BCUT2D eigenvalue weighted by atomic mass is 35.5. The Balaban J connectivity index is 1.88. The molecule has 0 aliphatic heterocycles. The van der Waals surface area contributed by atoms with Crippen molar-refractivity contribution in [2.24, 2.45) is 0 Å². The van der Waals surface area contributed by atoms with Crippen molar-refractivity contribution < 1.29 is 14.0 Å². The number of anilines is 1. The second kappa shape index (κ2) is 7.76. The van der Waals surface area contributed by atoms with Crippen molar-refractivity contribution >= 4 is 52.1 Å². The summed E-state index contributed by atoms with van der Waals surface area (Å²) in [6.07, 6.45) is 0. The Morgan fingerprint density at radius 3 is 2.82 bits per heavy atom. The fourth-order valence-corrected chi connectivity index (χ4v) is 3.70. The van der Waals surface area contributed by atoms with Gasteiger partial charge in [-0.05, 0) is 23.6 Å². The maximum absolute atomic E-state index is 13.6. The molecule has 1 heterocycles. The number of ketones is 1. The Labute approximate surface area is 140 Å². The lowest BCUT2D eigenvalue weighted by atomic mass is 10.2. The van der Waals surface area contributed by atoms with Gasteiger partial charge in [0, 0.05) is 23.3 Å². The predicted molar refractivity (Wildman–Crippen MR) is 90.5 cm³/mol. The Bertz CT molecular complexity index is 682. The van der Waals surface area contributed by atoms with Gasteiger partial charge in [-0.15, -0.1) is 23.1 Å². The molecule has 0 saturated heterocycles. The lowest BCUT2D eigenvalue weighted by molar-refractivity contribution is -0.113. The van der Waals surface area contributed by atoms with E-state index in [1.165, 1.54) is 36.1 Å². The van der Waals surface area contributed by atoms with E-state index in [0.717, 1.165) is 0 Å². The summed E-state index contributed by atoms with van der Waals surface area (Å²) in [5, 5.41) is 4.79. The molecule has 3 nitrogen and oxygen atoms in total. The number of nitrogens with one attached hydrogen (secondary N) is 1. The number of hydrogen-bond donors (Lipinski definition) is 1. The molecule has 1 amide bonds. The van der Waals surface area contributed by atoms with Gasteiger partial charge >= 0.3 is 0 Å². The predicted octanol–water partition coefficient (Wildman–Crippen LogP) is 4.62. The van der Waals surface area contributed by atoms with Crippen LogP contribution in [0.15, 0.2) is 29.6 Å². The lowest BCUT2D eigenvalue weighted by Gasteiger charge is -2.07. The van der Waals surface area contributed by atoms with Crippen molar-refractivity contribution in [3.8, 4) is 0 Å². The molecule has 0 radical (unpaired) electrons. The molecule has 1 N–H and O–H groups in total. The first-order valence-electron chi connectivity index (χ1n) is 6.38. The second-order valence-electron chi connectivity index (χ2n) is 4.46. The summed E-state index contributed by atoms with van der Waals surface area (Å²) in [4.78, 5) is 23.8. The summed E-state index contributed by atoms with van der Waals surface area (Å²) in [7, 11) is 0. The summed E-state index contributed by atoms with van der Waals surface area (Å²) in [6.45, 7) is 1.45. The van der Waals surface area contributed by atoms with Gasteiger partial charge in [0.25, 0.3) is 0 Å². The zero-order valence-corrected chi connectivity index (χ0v) is 14.1. The van der Waals surface area contributed by atoms with Gasteiger partial charge in [-0.1, -0.05) is 17.7 Å². The van der Waals surface area contributed by atoms with Crippen LogP contribution in [-0.2, 0) is 10.5 Å². The number of carbonyl (C=O) groups excluding carboxylic acids is 2. The summed E-state index contributed by atoms with van der Waals surface area (Å²) >= 11 is 8.47. The zero-order valence-electron chi connectivity index (χ0n) is 11.7. The molecular formula is C15H13ClFNO2S2. The third-order valence-electron chi connectivity index (χ3n) is 2.80. The number of carbonyl (C=O) groups is 2. The smallest absolute Gasteiger partial charge is 0.234 e. The topological polar surface area (TPSA) is 46.2 Å². The van der Waals surface area contributed by atoms with Crippen LogP contribution in [0.25, 0.3) is 0 Å². The van der Waals surface area contributed by atoms with Crippen molar-refractivity contribution in [1.29, 1.82) is 0 Å². The van der Waals surface area contributed by atoms with E-state index in [1.807, 2.05) is 0 Å². The van der Waals surface area contributed by atoms with Crippen LogP contribution in [0.1, 0.15) is 22.2 Å². The van der Waals surface area contributed by atoms with Crippen molar-refractivity contribution in [3.05, 3.63) is 50.9 Å². The molecule has 0 unspecified atom stereocenters. The minimum Gasteiger partial charge on any atom is -0.324 e. The first-order valence-corrected chi connectivity index (χ1v) is 8.79. The molecule has 2 aromatic rings. The third kappa shape index (κ3) is 4.32. The van der Waals surface area contributed by atoms with Crippen LogP contribution in [0.5, 0.6) is 0 Å². The van der Waals surface area contributed by atoms with Crippen LogP contribution in [0.4, 0.5) is 10.1 Å². The number of halogens is 2. The number of hydrogen-bond acceptors (Lipinski definition) is 4. The van der Waals surface area contributed by atoms with Crippen LogP contribution < -0.4 is 5.32 Å². The summed E-state index contributed by atoms with van der Waals surface area (Å²) in [6, 6.07) is 6.19. The monoisotopic (exact) mass is 357 g/mol. The fraction of sp³-hybridized carbons (Fsp3) is 0.200. The van der Waals surface area contributed by atoms with E-state index in [4.69, 9.17) is 11.6 Å². The average molecular weight is 358 g/mol. The standard InChI is InChI=1S/C15H13ClFNO2S2/c1-9(19)15-13(5-6-22-15)18-14(20)8-21-7-10-11(16)3-2-4-12(10)17/h2-6H,7-8H2,1H3,(H,18,20). The van der Waals surface area contributed by atoms with Crippen LogP contribution in [0.3, 0.4) is 0 Å². The molecule has 1 aromatic carbocycles. The average Bonchev–Trinajstić information content (AvgIpc) is 2.90. The Morgan fingerprint density at radius 2 is 2.14 bits per heavy atom. The molecular weight excluding hydrogens is 345 g/mol. The first-order chi connectivity index (χ1) is 10.5. The largest absolute Gasteiger partial charge is 0.324 e. The van der Waals surface area contributed by atoms with E-state index in [0.29, 0.717) is 26.9 Å². The van der Waals surface area contributed by atoms with Gasteiger partial charge in [-0.25, -0.2) is 4.39 Å². The van der Waals surface area contributed by atoms with Crippen molar-refractivity contribution in [2.45, 2.75) is 12.7 Å². The van der Waals surface area contributed by atoms with E-state index in [9.17, 15) is 14.0 Å². The number of benzene rings is 1. The number of thiophene rings is 1. The maximum atomic E-state index is 13.6. The van der Waals surface area contributed by atoms with Gasteiger partial charge in [-0.3, -0.25) is 9.59 Å². The third-order valence-corrected chi connectivity index (χ3v) is 5.13. The molecule has 2 rings (SSSR count). The van der Waals surface area contributed by atoms with Crippen LogP contribution in [0.2, 0.25) is 5.02 Å². The number of Topliss-reactive ketones (excluding diaryl/α,β-unsaturated/α-hetero) is 1. The summed E-state index contributed by atoms with van der Waals surface area (Å²) in [5.41, 5.74) is 0.911. The van der Waals surface area contributed by atoms with Gasteiger partial charge in [0.15, 0.2) is 5.78 Å². The quantitative estimate of drug-likeness (QED) is 0.767. The lowest BCUT2D eigenvalue weighted by Crippen LogP contribution is -2.15. The normalized spacial score (nSPS) is 10.5. The van der Waals surface area contributed by atoms with Crippen molar-refractivity contribution in [1.82, 2.24) is 0 Å². The molecule has 1 aromatic heterocycles. The molecule has 0 spiro atoms. The number of thioether (sulfide) groups is 1. The van der Waals surface area contributed by atoms with Gasteiger partial charge in [0.05, 0.1) is 16.3 Å². The van der Waals surface area contributed by atoms with E-state index in [1.54, 1.807) is 23.6 Å². The van der Waals surface area contributed by atoms with Crippen LogP contribution in [-0.4, -0.2) is 17.4 Å². The molecule has 116 valence electrons. The summed E-state index contributed by atoms with van der Waals surface area (Å²) < 4.78 is 13.6. The zero-order chi connectivity index (χ0) is 16.1. The molecule has 0 saturated carbocycles. The number of rotatable bonds is 6.